The Labute approximate surface area is 336 Å². The quantitative estimate of drug-likeness (QED) is 0.0157. The molecule has 0 amide bonds. The van der Waals surface area contributed by atoms with Crippen molar-refractivity contribution in [3.8, 4) is 0 Å². The van der Waals surface area contributed by atoms with Gasteiger partial charge in [-0.05, 0) is 64.2 Å². The van der Waals surface area contributed by atoms with Crippen molar-refractivity contribution < 1.29 is 63.1 Å². The highest BCUT2D eigenvalue weighted by Gasteiger charge is 2.51. The van der Waals surface area contributed by atoms with E-state index < -0.39 is 75.7 Å². The Morgan fingerprint density at radius 1 is 0.536 bits per heavy atom. The Kier molecular flexibility index (Phi) is 31.0. The third-order valence-corrected chi connectivity index (χ3v) is 11.0. The third-order valence-electron chi connectivity index (χ3n) is 10.0. The molecule has 6 unspecified atom stereocenters. The van der Waals surface area contributed by atoms with Crippen LogP contribution in [0.2, 0.25) is 0 Å². The molecule has 0 aromatic rings. The first-order valence-corrected chi connectivity index (χ1v) is 23.1. The Balaban J connectivity index is 2.51. The number of aliphatic hydroxyl groups is 5. The molecule has 0 aliphatic heterocycles. The number of carbonyl (C=O) groups is 2. The summed E-state index contributed by atoms with van der Waals surface area (Å²) in [5.41, 5.74) is 0. The van der Waals surface area contributed by atoms with Gasteiger partial charge in [0, 0.05) is 12.8 Å². The van der Waals surface area contributed by atoms with Gasteiger partial charge in [-0.2, -0.15) is 0 Å². The SMILES string of the molecule is CCCCCC/C=C/CCCCCCCC(=O)O[C@@H](COC(=O)CCCCCCC/C=C/CCCCCCC)COP(=O)(O)OC1C(O)C(O)C(O)[C@H](O)C1O. The predicted octanol–water partition coefficient (Wildman–Crippen LogP) is 7.67. The van der Waals surface area contributed by atoms with Crippen LogP contribution in [0.15, 0.2) is 24.3 Å². The van der Waals surface area contributed by atoms with Gasteiger partial charge in [-0.25, -0.2) is 4.57 Å². The number of phosphoric acid groups is 1. The molecule has 1 saturated carbocycles. The van der Waals surface area contributed by atoms with E-state index in [4.69, 9.17) is 18.5 Å². The molecule has 1 fully saturated rings. The van der Waals surface area contributed by atoms with Crippen LogP contribution in [0.25, 0.3) is 0 Å². The normalized spacial score (nSPS) is 23.1. The molecule has 6 N–H and O–H groups in total. The number of carbonyl (C=O) groups excluding carboxylic acids is 2. The van der Waals surface area contributed by atoms with Gasteiger partial charge >= 0.3 is 19.8 Å². The first-order valence-electron chi connectivity index (χ1n) is 21.6. The Hall–Kier alpha value is -1.67. The van der Waals surface area contributed by atoms with Crippen LogP contribution in [0.3, 0.4) is 0 Å². The Morgan fingerprint density at radius 3 is 1.38 bits per heavy atom. The first kappa shape index (κ1) is 52.3. The Bertz CT molecular complexity index is 1090. The maximum atomic E-state index is 12.8. The Morgan fingerprint density at radius 2 is 0.911 bits per heavy atom. The zero-order valence-electron chi connectivity index (χ0n) is 34.4. The second-order valence-electron chi connectivity index (χ2n) is 15.2. The van der Waals surface area contributed by atoms with E-state index in [0.29, 0.717) is 12.8 Å². The molecule has 13 nitrogen and oxygen atoms in total. The van der Waals surface area contributed by atoms with E-state index in [-0.39, 0.29) is 12.8 Å². The number of hydrogen-bond acceptors (Lipinski definition) is 12. The van der Waals surface area contributed by atoms with Crippen LogP contribution in [-0.4, -0.2) is 98.3 Å². The molecular weight excluding hydrogens is 743 g/mol. The van der Waals surface area contributed by atoms with Crippen molar-refractivity contribution >= 4 is 19.8 Å². The second kappa shape index (κ2) is 33.2. The first-order chi connectivity index (χ1) is 26.9. The summed E-state index contributed by atoms with van der Waals surface area (Å²) >= 11 is 0. The topological polar surface area (TPSA) is 210 Å². The summed E-state index contributed by atoms with van der Waals surface area (Å²) in [7, 11) is -5.11. The highest BCUT2D eigenvalue weighted by atomic mass is 31.2. The third kappa shape index (κ3) is 25.6. The van der Waals surface area contributed by atoms with Crippen molar-refractivity contribution in [1.82, 2.24) is 0 Å². The summed E-state index contributed by atoms with van der Waals surface area (Å²) in [6.45, 7) is 3.24. The molecule has 328 valence electrons. The van der Waals surface area contributed by atoms with Crippen molar-refractivity contribution in [2.75, 3.05) is 13.2 Å². The van der Waals surface area contributed by atoms with E-state index in [0.717, 1.165) is 77.0 Å². The summed E-state index contributed by atoms with van der Waals surface area (Å²) < 4.78 is 33.4. The summed E-state index contributed by atoms with van der Waals surface area (Å²) in [6, 6.07) is 0. The highest BCUT2D eigenvalue weighted by molar-refractivity contribution is 7.47. The minimum Gasteiger partial charge on any atom is -0.462 e. The van der Waals surface area contributed by atoms with Gasteiger partial charge in [-0.15, -0.1) is 0 Å². The average Bonchev–Trinajstić information content (AvgIpc) is 3.18. The average molecular weight is 821 g/mol. The molecule has 14 heteroatoms. The number of allylic oxidation sites excluding steroid dienone is 4. The maximum Gasteiger partial charge on any atom is 0.472 e. The lowest BCUT2D eigenvalue weighted by Crippen LogP contribution is -2.64. The van der Waals surface area contributed by atoms with Crippen LogP contribution in [-0.2, 0) is 32.7 Å². The van der Waals surface area contributed by atoms with Crippen LogP contribution in [0, 0.1) is 0 Å². The monoisotopic (exact) mass is 821 g/mol. The van der Waals surface area contributed by atoms with Crippen molar-refractivity contribution in [1.29, 1.82) is 0 Å². The summed E-state index contributed by atoms with van der Waals surface area (Å²) in [4.78, 5) is 35.6. The standard InChI is InChI=1S/C42H77O13P/c1-3-5-7-9-11-13-15-17-19-20-22-24-26-28-30-35(43)52-32-34(33-53-56(50,51)55-42-40(48)38(46)37(45)39(47)41(42)49)54-36(44)31-29-27-25-23-21-18-16-14-12-10-8-6-4-2/h14-17,34,37-42,45-49H,3-13,18-33H2,1-2H3,(H,50,51)/b16-14+,17-15+/t34-,37?,38-,39?,40?,41?,42?/m0/s1. The van der Waals surface area contributed by atoms with Crippen molar-refractivity contribution in [3.05, 3.63) is 24.3 Å². The lowest BCUT2D eigenvalue weighted by atomic mass is 9.85. The molecule has 0 aromatic heterocycles. The van der Waals surface area contributed by atoms with Crippen molar-refractivity contribution in [3.63, 3.8) is 0 Å². The van der Waals surface area contributed by atoms with Crippen LogP contribution in [0.5, 0.6) is 0 Å². The number of rotatable bonds is 35. The minimum atomic E-state index is -5.11. The number of aliphatic hydroxyl groups excluding tert-OH is 5. The van der Waals surface area contributed by atoms with E-state index in [1.54, 1.807) is 0 Å². The lowest BCUT2D eigenvalue weighted by Gasteiger charge is -2.41. The van der Waals surface area contributed by atoms with E-state index in [2.05, 4.69) is 38.2 Å². The number of phosphoric ester groups is 1. The fourth-order valence-electron chi connectivity index (χ4n) is 6.45. The molecule has 0 radical (unpaired) electrons. The van der Waals surface area contributed by atoms with Crippen LogP contribution < -0.4 is 0 Å². The largest absolute Gasteiger partial charge is 0.472 e. The number of hydrogen-bond donors (Lipinski definition) is 6. The van der Waals surface area contributed by atoms with Gasteiger partial charge in [0.2, 0.25) is 0 Å². The van der Waals surface area contributed by atoms with Crippen LogP contribution in [0.4, 0.5) is 0 Å². The fourth-order valence-corrected chi connectivity index (χ4v) is 7.42. The molecular formula is C42H77O13P. The number of unbranched alkanes of at least 4 members (excludes halogenated alkanes) is 19. The minimum absolute atomic E-state index is 0.0861. The van der Waals surface area contributed by atoms with Crippen LogP contribution >= 0.6 is 7.82 Å². The molecule has 8 atom stereocenters. The lowest BCUT2D eigenvalue weighted by molar-refractivity contribution is -0.220. The molecule has 1 rings (SSSR count). The van der Waals surface area contributed by atoms with Gasteiger partial charge in [-0.3, -0.25) is 18.6 Å². The van der Waals surface area contributed by atoms with E-state index in [1.807, 2.05) is 0 Å². The van der Waals surface area contributed by atoms with E-state index in [9.17, 15) is 44.6 Å². The molecule has 0 heterocycles. The van der Waals surface area contributed by atoms with Gasteiger partial charge < -0.3 is 39.9 Å². The van der Waals surface area contributed by atoms with E-state index >= 15 is 0 Å². The zero-order chi connectivity index (χ0) is 41.4. The van der Waals surface area contributed by atoms with E-state index in [1.165, 1.54) is 57.8 Å². The molecule has 0 saturated heterocycles. The molecule has 0 bridgehead atoms. The van der Waals surface area contributed by atoms with Crippen molar-refractivity contribution in [2.24, 2.45) is 0 Å². The maximum absolute atomic E-state index is 12.8. The molecule has 1 aliphatic carbocycles. The summed E-state index contributed by atoms with van der Waals surface area (Å²) in [5.74, 6) is -1.12. The summed E-state index contributed by atoms with van der Waals surface area (Å²) in [5, 5.41) is 50.0. The van der Waals surface area contributed by atoms with Crippen LogP contribution in [0.1, 0.15) is 174 Å². The molecule has 1 aliphatic rings. The van der Waals surface area contributed by atoms with Gasteiger partial charge in [0.05, 0.1) is 6.61 Å². The number of ether oxygens (including phenoxy) is 2. The summed E-state index contributed by atoms with van der Waals surface area (Å²) in [6.07, 6.45) is 21.0. The molecule has 0 aromatic carbocycles. The molecule has 56 heavy (non-hydrogen) atoms. The van der Waals surface area contributed by atoms with Gasteiger partial charge in [-0.1, -0.05) is 122 Å². The predicted molar refractivity (Wildman–Crippen MR) is 217 cm³/mol. The highest BCUT2D eigenvalue weighted by Crippen LogP contribution is 2.47. The van der Waals surface area contributed by atoms with Crippen molar-refractivity contribution in [2.45, 2.75) is 217 Å². The zero-order valence-corrected chi connectivity index (χ0v) is 35.3. The van der Waals surface area contributed by atoms with Gasteiger partial charge in [0.1, 0.15) is 43.2 Å². The van der Waals surface area contributed by atoms with Gasteiger partial charge in [0.15, 0.2) is 6.10 Å². The fraction of sp³-hybridized carbons (Fsp3) is 0.857. The smallest absolute Gasteiger partial charge is 0.462 e. The molecule has 0 spiro atoms. The second-order valence-corrected chi connectivity index (χ2v) is 16.6. The van der Waals surface area contributed by atoms with Gasteiger partial charge in [0.25, 0.3) is 0 Å². The number of esters is 2.